The number of hydrogen-bond acceptors (Lipinski definition) is 5. The summed E-state index contributed by atoms with van der Waals surface area (Å²) in [4.78, 5) is 13.2. The summed E-state index contributed by atoms with van der Waals surface area (Å²) in [6.07, 6.45) is 0. The maximum atomic E-state index is 13.4. The number of benzene rings is 3. The standard InChI is InChI=1S/C25H22ClN3O4S/c1-3-29(19-12-8-5-9-13-19)34(31,32)20-14-15-21(26)22(16-20)27-25(30)23-17(2)33-28-24(23)18-10-6-4-7-11-18/h4-16H,3H2,1-2H3,(H,27,30). The van der Waals surface area contributed by atoms with Gasteiger partial charge in [-0.15, -0.1) is 0 Å². The Hall–Kier alpha value is -3.62. The maximum absolute atomic E-state index is 13.4. The molecule has 174 valence electrons. The third kappa shape index (κ3) is 4.55. The molecule has 0 bridgehead atoms. The predicted molar refractivity (Wildman–Crippen MR) is 133 cm³/mol. The van der Waals surface area contributed by atoms with Gasteiger partial charge in [-0.25, -0.2) is 8.42 Å². The lowest BCUT2D eigenvalue weighted by Crippen LogP contribution is -2.30. The Labute approximate surface area is 203 Å². The number of para-hydroxylation sites is 1. The van der Waals surface area contributed by atoms with Gasteiger partial charge in [-0.05, 0) is 44.2 Å². The molecule has 1 N–H and O–H groups in total. The Morgan fingerprint density at radius 1 is 1.03 bits per heavy atom. The lowest BCUT2D eigenvalue weighted by Gasteiger charge is -2.23. The molecule has 7 nitrogen and oxygen atoms in total. The Morgan fingerprint density at radius 2 is 1.68 bits per heavy atom. The highest BCUT2D eigenvalue weighted by atomic mass is 35.5. The lowest BCUT2D eigenvalue weighted by atomic mass is 10.1. The molecule has 0 fully saturated rings. The van der Waals surface area contributed by atoms with Gasteiger partial charge in [-0.3, -0.25) is 9.10 Å². The third-order valence-electron chi connectivity index (χ3n) is 5.24. The van der Waals surface area contributed by atoms with E-state index in [1.54, 1.807) is 38.1 Å². The van der Waals surface area contributed by atoms with Crippen molar-refractivity contribution in [2.45, 2.75) is 18.7 Å². The molecule has 1 amide bonds. The molecule has 0 saturated carbocycles. The van der Waals surface area contributed by atoms with Gasteiger partial charge < -0.3 is 9.84 Å². The maximum Gasteiger partial charge on any atom is 0.264 e. The SMILES string of the molecule is CCN(c1ccccc1)S(=O)(=O)c1ccc(Cl)c(NC(=O)c2c(-c3ccccc3)noc2C)c1. The average Bonchev–Trinajstić information content (AvgIpc) is 3.23. The van der Waals surface area contributed by atoms with Crippen molar-refractivity contribution in [3.05, 3.63) is 95.2 Å². The van der Waals surface area contributed by atoms with Crippen LogP contribution in [0.2, 0.25) is 5.02 Å². The van der Waals surface area contributed by atoms with Crippen LogP contribution >= 0.6 is 11.6 Å². The number of hydrogen-bond donors (Lipinski definition) is 1. The first-order valence-corrected chi connectivity index (χ1v) is 12.3. The second-order valence-corrected chi connectivity index (χ2v) is 9.70. The van der Waals surface area contributed by atoms with E-state index in [0.717, 1.165) is 0 Å². The molecule has 4 aromatic rings. The van der Waals surface area contributed by atoms with E-state index in [1.165, 1.54) is 22.5 Å². The van der Waals surface area contributed by atoms with Crippen LogP contribution in [0.15, 0.2) is 88.3 Å². The monoisotopic (exact) mass is 495 g/mol. The molecule has 0 spiro atoms. The van der Waals surface area contributed by atoms with E-state index in [1.807, 2.05) is 36.4 Å². The Balaban J connectivity index is 1.68. The zero-order valence-electron chi connectivity index (χ0n) is 18.5. The number of carbonyl (C=O) groups is 1. The van der Waals surface area contributed by atoms with Crippen molar-refractivity contribution in [2.75, 3.05) is 16.2 Å². The number of nitrogens with zero attached hydrogens (tertiary/aromatic N) is 2. The highest BCUT2D eigenvalue weighted by molar-refractivity contribution is 7.92. The minimum absolute atomic E-state index is 0.00299. The second-order valence-electron chi connectivity index (χ2n) is 7.43. The van der Waals surface area contributed by atoms with Crippen molar-refractivity contribution in [1.82, 2.24) is 5.16 Å². The Kier molecular flexibility index (Phi) is 6.72. The topological polar surface area (TPSA) is 92.5 Å². The smallest absolute Gasteiger partial charge is 0.264 e. The summed E-state index contributed by atoms with van der Waals surface area (Å²) < 4.78 is 33.3. The van der Waals surface area contributed by atoms with Crippen LogP contribution in [0.1, 0.15) is 23.0 Å². The molecule has 0 aliphatic rings. The molecule has 4 rings (SSSR count). The number of carbonyl (C=O) groups excluding carboxylic acids is 1. The van der Waals surface area contributed by atoms with Gasteiger partial charge in [0.05, 0.1) is 21.3 Å². The van der Waals surface area contributed by atoms with Crippen LogP contribution in [0.5, 0.6) is 0 Å². The van der Waals surface area contributed by atoms with Crippen molar-refractivity contribution in [1.29, 1.82) is 0 Å². The van der Waals surface area contributed by atoms with Gasteiger partial charge in [-0.2, -0.15) is 0 Å². The molecule has 34 heavy (non-hydrogen) atoms. The first-order chi connectivity index (χ1) is 16.3. The van der Waals surface area contributed by atoms with Crippen LogP contribution < -0.4 is 9.62 Å². The minimum Gasteiger partial charge on any atom is -0.360 e. The average molecular weight is 496 g/mol. The van der Waals surface area contributed by atoms with Crippen molar-refractivity contribution >= 4 is 38.9 Å². The molecule has 1 heterocycles. The molecule has 0 radical (unpaired) electrons. The number of anilines is 2. The third-order valence-corrected chi connectivity index (χ3v) is 7.47. The fourth-order valence-corrected chi connectivity index (χ4v) is 5.26. The summed E-state index contributed by atoms with van der Waals surface area (Å²) in [5.41, 5.74) is 2.05. The van der Waals surface area contributed by atoms with E-state index in [2.05, 4.69) is 10.5 Å². The first kappa shape index (κ1) is 23.5. The molecular weight excluding hydrogens is 474 g/mol. The molecule has 9 heteroatoms. The summed E-state index contributed by atoms with van der Waals surface area (Å²) in [7, 11) is -3.90. The number of sulfonamides is 1. The fraction of sp³-hybridized carbons (Fsp3) is 0.120. The van der Waals surface area contributed by atoms with Gasteiger partial charge in [0, 0.05) is 12.1 Å². The fourth-order valence-electron chi connectivity index (χ4n) is 3.59. The van der Waals surface area contributed by atoms with Gasteiger partial charge in [0.25, 0.3) is 15.9 Å². The van der Waals surface area contributed by atoms with E-state index in [-0.39, 0.29) is 27.7 Å². The number of aryl methyl sites for hydroxylation is 1. The largest absolute Gasteiger partial charge is 0.360 e. The van der Waals surface area contributed by atoms with Gasteiger partial charge in [0.1, 0.15) is 17.0 Å². The number of rotatable bonds is 7. The lowest BCUT2D eigenvalue weighted by molar-refractivity contribution is 0.102. The summed E-state index contributed by atoms with van der Waals surface area (Å²) >= 11 is 6.32. The van der Waals surface area contributed by atoms with Crippen molar-refractivity contribution in [2.24, 2.45) is 0 Å². The van der Waals surface area contributed by atoms with Crippen LogP contribution in [0.25, 0.3) is 11.3 Å². The number of halogens is 1. The molecule has 0 unspecified atom stereocenters. The number of nitrogens with one attached hydrogen (secondary N) is 1. The Bertz CT molecular complexity index is 1420. The van der Waals surface area contributed by atoms with Crippen LogP contribution in [0.4, 0.5) is 11.4 Å². The molecule has 3 aromatic carbocycles. The van der Waals surface area contributed by atoms with Gasteiger partial charge in [0.15, 0.2) is 0 Å². The molecule has 1 aromatic heterocycles. The van der Waals surface area contributed by atoms with Gasteiger partial charge in [-0.1, -0.05) is 65.3 Å². The highest BCUT2D eigenvalue weighted by Crippen LogP contribution is 2.31. The first-order valence-electron chi connectivity index (χ1n) is 10.5. The summed E-state index contributed by atoms with van der Waals surface area (Å²) in [6, 6.07) is 22.2. The Morgan fingerprint density at radius 3 is 2.32 bits per heavy atom. The van der Waals surface area contributed by atoms with E-state index in [9.17, 15) is 13.2 Å². The summed E-state index contributed by atoms with van der Waals surface area (Å²) in [6.45, 7) is 3.62. The second kappa shape index (κ2) is 9.70. The number of amides is 1. The number of aromatic nitrogens is 1. The predicted octanol–water partition coefficient (Wildman–Crippen LogP) is 5.77. The van der Waals surface area contributed by atoms with E-state index in [4.69, 9.17) is 16.1 Å². The zero-order valence-corrected chi connectivity index (χ0v) is 20.1. The molecule has 0 aliphatic carbocycles. The minimum atomic E-state index is -3.90. The van der Waals surface area contributed by atoms with Crippen LogP contribution in [-0.2, 0) is 10.0 Å². The van der Waals surface area contributed by atoms with Crippen molar-refractivity contribution in [3.63, 3.8) is 0 Å². The van der Waals surface area contributed by atoms with Crippen LogP contribution in [0, 0.1) is 6.92 Å². The molecular formula is C25H22ClN3O4S. The van der Waals surface area contributed by atoms with Crippen LogP contribution in [-0.4, -0.2) is 26.0 Å². The molecule has 0 atom stereocenters. The zero-order chi connectivity index (χ0) is 24.3. The van der Waals surface area contributed by atoms with E-state index < -0.39 is 15.9 Å². The van der Waals surface area contributed by atoms with E-state index >= 15 is 0 Å². The van der Waals surface area contributed by atoms with Crippen molar-refractivity contribution < 1.29 is 17.7 Å². The van der Waals surface area contributed by atoms with Crippen LogP contribution in [0.3, 0.4) is 0 Å². The van der Waals surface area contributed by atoms with Gasteiger partial charge in [0.2, 0.25) is 0 Å². The summed E-state index contributed by atoms with van der Waals surface area (Å²) in [5, 5.41) is 6.94. The molecule has 0 saturated heterocycles. The van der Waals surface area contributed by atoms with Gasteiger partial charge >= 0.3 is 0 Å². The quantitative estimate of drug-likeness (QED) is 0.351. The van der Waals surface area contributed by atoms with Crippen molar-refractivity contribution in [3.8, 4) is 11.3 Å². The highest BCUT2D eigenvalue weighted by Gasteiger charge is 2.26. The van der Waals surface area contributed by atoms with E-state index in [0.29, 0.717) is 22.7 Å². The molecule has 0 aliphatic heterocycles. The normalized spacial score (nSPS) is 11.3. The summed E-state index contributed by atoms with van der Waals surface area (Å²) in [5.74, 6) is -0.179.